The van der Waals surface area contributed by atoms with Gasteiger partial charge in [-0.15, -0.1) is 0 Å². The van der Waals surface area contributed by atoms with E-state index in [9.17, 15) is 0 Å². The van der Waals surface area contributed by atoms with E-state index in [-0.39, 0.29) is 6.61 Å². The fourth-order valence-corrected chi connectivity index (χ4v) is 2.53. The molecule has 0 amide bonds. The van der Waals surface area contributed by atoms with Crippen molar-refractivity contribution in [2.45, 2.75) is 27.2 Å². The number of hydrogen-bond acceptors (Lipinski definition) is 2. The molecule has 96 valence electrons. The average Bonchev–Trinajstić information content (AvgIpc) is 2.59. The maximum absolute atomic E-state index is 8.99. The predicted molar refractivity (Wildman–Crippen MR) is 73.6 cm³/mol. The minimum Gasteiger partial charge on any atom is -0.396 e. The summed E-state index contributed by atoms with van der Waals surface area (Å²) in [5.74, 6) is 0.980. The van der Waals surface area contributed by atoms with Gasteiger partial charge in [-0.1, -0.05) is 17.7 Å². The van der Waals surface area contributed by atoms with Crippen molar-refractivity contribution in [3.63, 3.8) is 0 Å². The lowest BCUT2D eigenvalue weighted by atomic mass is 9.99. The van der Waals surface area contributed by atoms with Gasteiger partial charge in [0.15, 0.2) is 0 Å². The summed E-state index contributed by atoms with van der Waals surface area (Å²) in [4.78, 5) is 4.62. The van der Waals surface area contributed by atoms with Crippen LogP contribution < -0.4 is 0 Å². The SMILES string of the molecule is Cc1cc(C)c(-c2nc(CCO)cn2C)c(C)c1. The minimum absolute atomic E-state index is 0.141. The lowest BCUT2D eigenvalue weighted by Gasteiger charge is -2.10. The van der Waals surface area contributed by atoms with Crippen molar-refractivity contribution in [2.24, 2.45) is 7.05 Å². The Balaban J connectivity index is 2.55. The molecule has 0 aliphatic rings. The number of imidazole rings is 1. The molecule has 3 nitrogen and oxygen atoms in total. The number of aryl methyl sites for hydroxylation is 4. The van der Waals surface area contributed by atoms with Crippen molar-refractivity contribution in [3.05, 3.63) is 40.7 Å². The van der Waals surface area contributed by atoms with Crippen LogP contribution in [-0.2, 0) is 13.5 Å². The Bertz CT molecular complexity index is 547. The molecule has 1 heterocycles. The molecular formula is C15H20N2O. The standard InChI is InChI=1S/C15H20N2O/c1-10-7-11(2)14(12(3)8-10)15-16-13(5-6-18)9-17(15)4/h7-9,18H,5-6H2,1-4H3. The maximum Gasteiger partial charge on any atom is 0.140 e. The quantitative estimate of drug-likeness (QED) is 0.901. The van der Waals surface area contributed by atoms with Gasteiger partial charge in [0.1, 0.15) is 5.82 Å². The van der Waals surface area contributed by atoms with Gasteiger partial charge in [0.2, 0.25) is 0 Å². The van der Waals surface area contributed by atoms with E-state index in [0.717, 1.165) is 11.5 Å². The second-order valence-electron chi connectivity index (χ2n) is 4.91. The highest BCUT2D eigenvalue weighted by molar-refractivity contribution is 5.66. The van der Waals surface area contributed by atoms with Crippen LogP contribution in [0.4, 0.5) is 0 Å². The third kappa shape index (κ3) is 2.31. The van der Waals surface area contributed by atoms with E-state index in [1.54, 1.807) is 0 Å². The molecule has 0 bridgehead atoms. The Kier molecular flexibility index (Phi) is 3.53. The first-order chi connectivity index (χ1) is 8.52. The van der Waals surface area contributed by atoms with E-state index in [1.165, 1.54) is 22.3 Å². The Morgan fingerprint density at radius 3 is 2.33 bits per heavy atom. The predicted octanol–water partition coefficient (Wildman–Crippen LogP) is 2.55. The summed E-state index contributed by atoms with van der Waals surface area (Å²) in [6.07, 6.45) is 2.60. The zero-order chi connectivity index (χ0) is 13.3. The van der Waals surface area contributed by atoms with Crippen molar-refractivity contribution in [2.75, 3.05) is 6.61 Å². The second kappa shape index (κ2) is 4.94. The number of hydrogen-bond donors (Lipinski definition) is 1. The highest BCUT2D eigenvalue weighted by Gasteiger charge is 2.12. The monoisotopic (exact) mass is 244 g/mol. The fraction of sp³-hybridized carbons (Fsp3) is 0.400. The molecule has 0 aliphatic carbocycles. The Morgan fingerprint density at radius 1 is 1.17 bits per heavy atom. The van der Waals surface area contributed by atoms with E-state index in [1.807, 2.05) is 17.8 Å². The molecule has 0 saturated heterocycles. The zero-order valence-corrected chi connectivity index (χ0v) is 11.5. The van der Waals surface area contributed by atoms with E-state index < -0.39 is 0 Å². The van der Waals surface area contributed by atoms with Gasteiger partial charge in [0.25, 0.3) is 0 Å². The molecule has 1 N–H and O–H groups in total. The van der Waals surface area contributed by atoms with Crippen LogP contribution in [0.3, 0.4) is 0 Å². The number of rotatable bonds is 3. The van der Waals surface area contributed by atoms with Gasteiger partial charge in [-0.05, 0) is 31.9 Å². The molecule has 18 heavy (non-hydrogen) atoms. The third-order valence-electron chi connectivity index (χ3n) is 3.19. The topological polar surface area (TPSA) is 38.1 Å². The molecular weight excluding hydrogens is 224 g/mol. The molecule has 0 aliphatic heterocycles. The van der Waals surface area contributed by atoms with Crippen LogP contribution >= 0.6 is 0 Å². The summed E-state index contributed by atoms with van der Waals surface area (Å²) >= 11 is 0. The highest BCUT2D eigenvalue weighted by Crippen LogP contribution is 2.27. The van der Waals surface area contributed by atoms with E-state index >= 15 is 0 Å². The molecule has 1 aromatic carbocycles. The first kappa shape index (κ1) is 12.8. The van der Waals surface area contributed by atoms with Crippen molar-refractivity contribution >= 4 is 0 Å². The second-order valence-corrected chi connectivity index (χ2v) is 4.91. The largest absolute Gasteiger partial charge is 0.396 e. The van der Waals surface area contributed by atoms with Crippen LogP contribution in [0.5, 0.6) is 0 Å². The number of aromatic nitrogens is 2. The number of aliphatic hydroxyl groups excluding tert-OH is 1. The molecule has 3 heteroatoms. The number of benzene rings is 1. The third-order valence-corrected chi connectivity index (χ3v) is 3.19. The summed E-state index contributed by atoms with van der Waals surface area (Å²) in [5.41, 5.74) is 5.91. The zero-order valence-electron chi connectivity index (χ0n) is 11.5. The van der Waals surface area contributed by atoms with Crippen molar-refractivity contribution in [3.8, 4) is 11.4 Å². The fourth-order valence-electron chi connectivity index (χ4n) is 2.53. The number of nitrogens with zero attached hydrogens (tertiary/aromatic N) is 2. The maximum atomic E-state index is 8.99. The van der Waals surface area contributed by atoms with Crippen molar-refractivity contribution < 1.29 is 5.11 Å². The summed E-state index contributed by atoms with van der Waals surface area (Å²) in [5, 5.41) is 8.99. The van der Waals surface area contributed by atoms with Gasteiger partial charge in [-0.2, -0.15) is 0 Å². The van der Waals surface area contributed by atoms with E-state index in [0.29, 0.717) is 6.42 Å². The van der Waals surface area contributed by atoms with Gasteiger partial charge in [-0.3, -0.25) is 0 Å². The van der Waals surface area contributed by atoms with Gasteiger partial charge in [0, 0.05) is 31.8 Å². The van der Waals surface area contributed by atoms with Crippen LogP contribution in [0.1, 0.15) is 22.4 Å². The van der Waals surface area contributed by atoms with Gasteiger partial charge >= 0.3 is 0 Å². The molecule has 0 atom stereocenters. The van der Waals surface area contributed by atoms with Crippen molar-refractivity contribution in [1.29, 1.82) is 0 Å². The molecule has 0 radical (unpaired) electrons. The van der Waals surface area contributed by atoms with Crippen molar-refractivity contribution in [1.82, 2.24) is 9.55 Å². The van der Waals surface area contributed by atoms with Crippen LogP contribution in [0.15, 0.2) is 18.3 Å². The van der Waals surface area contributed by atoms with Crippen LogP contribution in [0.25, 0.3) is 11.4 Å². The molecule has 0 saturated carbocycles. The lowest BCUT2D eigenvalue weighted by molar-refractivity contribution is 0.298. The number of aliphatic hydroxyl groups is 1. The molecule has 0 fully saturated rings. The Labute approximate surface area is 108 Å². The first-order valence-corrected chi connectivity index (χ1v) is 6.24. The van der Waals surface area contributed by atoms with E-state index in [4.69, 9.17) is 5.11 Å². The molecule has 0 unspecified atom stereocenters. The Hall–Kier alpha value is -1.61. The van der Waals surface area contributed by atoms with Crippen LogP contribution in [-0.4, -0.2) is 21.3 Å². The van der Waals surface area contributed by atoms with Crippen LogP contribution in [0.2, 0.25) is 0 Å². The molecule has 2 rings (SSSR count). The average molecular weight is 244 g/mol. The smallest absolute Gasteiger partial charge is 0.140 e. The molecule has 0 spiro atoms. The summed E-state index contributed by atoms with van der Waals surface area (Å²) < 4.78 is 2.04. The first-order valence-electron chi connectivity index (χ1n) is 6.24. The lowest BCUT2D eigenvalue weighted by Crippen LogP contribution is -1.97. The molecule has 2 aromatic rings. The highest BCUT2D eigenvalue weighted by atomic mass is 16.3. The van der Waals surface area contributed by atoms with Gasteiger partial charge < -0.3 is 9.67 Å². The molecule has 1 aromatic heterocycles. The summed E-state index contributed by atoms with van der Waals surface area (Å²) in [7, 11) is 2.00. The Morgan fingerprint density at radius 2 is 1.78 bits per heavy atom. The van der Waals surface area contributed by atoms with Gasteiger partial charge in [-0.25, -0.2) is 4.98 Å². The minimum atomic E-state index is 0.141. The van der Waals surface area contributed by atoms with Crippen LogP contribution in [0, 0.1) is 20.8 Å². The van der Waals surface area contributed by atoms with Gasteiger partial charge in [0.05, 0.1) is 5.69 Å². The summed E-state index contributed by atoms with van der Waals surface area (Å²) in [6.45, 7) is 6.49. The normalized spacial score (nSPS) is 10.9. The van der Waals surface area contributed by atoms with E-state index in [2.05, 4.69) is 37.9 Å². The summed E-state index contributed by atoms with van der Waals surface area (Å²) in [6, 6.07) is 4.37.